The summed E-state index contributed by atoms with van der Waals surface area (Å²) in [4.78, 5) is 26.1. The van der Waals surface area contributed by atoms with E-state index in [9.17, 15) is 9.59 Å². The minimum Gasteiger partial charge on any atom is -0.296 e. The number of aldehydes is 1. The minimum atomic E-state index is -0.219. The van der Waals surface area contributed by atoms with Gasteiger partial charge in [0, 0.05) is 17.6 Å². The molecule has 0 spiro atoms. The van der Waals surface area contributed by atoms with Crippen molar-refractivity contribution in [1.82, 2.24) is 9.38 Å². The van der Waals surface area contributed by atoms with E-state index in [1.54, 1.807) is 5.38 Å². The van der Waals surface area contributed by atoms with Crippen molar-refractivity contribution in [2.75, 3.05) is 0 Å². The van der Waals surface area contributed by atoms with Crippen LogP contribution in [0.4, 0.5) is 0 Å². The highest BCUT2D eigenvalue weighted by Gasteiger charge is 2.03. The molecule has 0 atom stereocenters. The van der Waals surface area contributed by atoms with Gasteiger partial charge in [0.25, 0.3) is 5.56 Å². The molecule has 12 heavy (non-hydrogen) atoms. The van der Waals surface area contributed by atoms with Gasteiger partial charge in [-0.3, -0.25) is 9.59 Å². The number of carbonyl (C=O) groups excluding carboxylic acids is 1. The number of carbonyl (C=O) groups is 1. The fourth-order valence-electron chi connectivity index (χ4n) is 0.958. The average Bonchev–Trinajstić information content (AvgIpc) is 2.49. The third kappa shape index (κ3) is 0.868. The fraction of sp³-hybridized carbons (Fsp3) is 0. The summed E-state index contributed by atoms with van der Waals surface area (Å²) in [5.41, 5.74) is 0.136. The molecule has 0 unspecified atom stereocenters. The SMILES string of the molecule is O=Cc1csc2nccc(=O)n12. The third-order valence-electron chi connectivity index (χ3n) is 1.48. The Morgan fingerprint density at radius 3 is 3.17 bits per heavy atom. The van der Waals surface area contributed by atoms with Crippen molar-refractivity contribution in [1.29, 1.82) is 0 Å². The van der Waals surface area contributed by atoms with Crippen LogP contribution in [0.1, 0.15) is 10.5 Å². The standard InChI is InChI=1S/C7H4N2O2S/c10-3-5-4-12-7-8-2-1-6(11)9(5)7/h1-4H. The maximum absolute atomic E-state index is 11.2. The molecule has 0 saturated heterocycles. The third-order valence-corrected chi connectivity index (χ3v) is 2.34. The van der Waals surface area contributed by atoms with Gasteiger partial charge < -0.3 is 0 Å². The Morgan fingerprint density at radius 1 is 1.58 bits per heavy atom. The van der Waals surface area contributed by atoms with Crippen molar-refractivity contribution in [2.45, 2.75) is 0 Å². The average molecular weight is 180 g/mol. The Hall–Kier alpha value is -1.49. The first-order valence-electron chi connectivity index (χ1n) is 3.23. The Morgan fingerprint density at radius 2 is 2.42 bits per heavy atom. The van der Waals surface area contributed by atoms with Gasteiger partial charge in [-0.1, -0.05) is 0 Å². The Balaban J connectivity index is 3.02. The zero-order chi connectivity index (χ0) is 8.55. The van der Waals surface area contributed by atoms with Crippen LogP contribution in [0.5, 0.6) is 0 Å². The van der Waals surface area contributed by atoms with Crippen LogP contribution in [0.2, 0.25) is 0 Å². The lowest BCUT2D eigenvalue weighted by Crippen LogP contribution is -2.13. The number of hydrogen-bond donors (Lipinski definition) is 0. The molecule has 0 N–H and O–H groups in total. The van der Waals surface area contributed by atoms with Crippen molar-refractivity contribution >= 4 is 22.6 Å². The van der Waals surface area contributed by atoms with E-state index in [0.29, 0.717) is 16.9 Å². The molecular formula is C7H4N2O2S. The Bertz CT molecular complexity index is 485. The Labute approximate surface area is 71.1 Å². The number of rotatable bonds is 1. The highest BCUT2D eigenvalue weighted by atomic mass is 32.1. The summed E-state index contributed by atoms with van der Waals surface area (Å²) in [6.45, 7) is 0. The minimum absolute atomic E-state index is 0.219. The predicted octanol–water partition coefficient (Wildman–Crippen LogP) is 0.569. The molecule has 2 aromatic rings. The maximum atomic E-state index is 11.2. The summed E-state index contributed by atoms with van der Waals surface area (Å²) in [7, 11) is 0. The number of nitrogens with zero attached hydrogens (tertiary/aromatic N) is 2. The number of thiazole rings is 1. The molecule has 0 radical (unpaired) electrons. The van der Waals surface area contributed by atoms with Crippen LogP contribution in [0, 0.1) is 0 Å². The molecule has 0 saturated carbocycles. The molecule has 0 fully saturated rings. The van der Waals surface area contributed by atoms with Crippen molar-refractivity contribution in [3.8, 4) is 0 Å². The lowest BCUT2D eigenvalue weighted by molar-refractivity contribution is 0.111. The second-order valence-electron chi connectivity index (χ2n) is 2.18. The first kappa shape index (κ1) is 7.17. The van der Waals surface area contributed by atoms with Gasteiger partial charge in [-0.2, -0.15) is 0 Å². The topological polar surface area (TPSA) is 51.4 Å². The molecule has 0 aliphatic carbocycles. The molecule has 0 aromatic carbocycles. The van der Waals surface area contributed by atoms with Crippen LogP contribution in [-0.4, -0.2) is 15.7 Å². The van der Waals surface area contributed by atoms with Crippen LogP contribution in [0.15, 0.2) is 22.4 Å². The van der Waals surface area contributed by atoms with E-state index >= 15 is 0 Å². The molecule has 0 aliphatic rings. The van der Waals surface area contributed by atoms with Crippen molar-refractivity contribution in [3.63, 3.8) is 0 Å². The summed E-state index contributed by atoms with van der Waals surface area (Å²) < 4.78 is 1.29. The second kappa shape index (κ2) is 2.53. The quantitative estimate of drug-likeness (QED) is 0.603. The van der Waals surface area contributed by atoms with Gasteiger partial charge >= 0.3 is 0 Å². The maximum Gasteiger partial charge on any atom is 0.259 e. The van der Waals surface area contributed by atoms with Crippen LogP contribution >= 0.6 is 11.3 Å². The molecular weight excluding hydrogens is 176 g/mol. The first-order chi connectivity index (χ1) is 5.83. The van der Waals surface area contributed by atoms with Gasteiger partial charge in [-0.05, 0) is 0 Å². The molecule has 0 bridgehead atoms. The molecule has 60 valence electrons. The van der Waals surface area contributed by atoms with Gasteiger partial charge in [0.15, 0.2) is 11.2 Å². The van der Waals surface area contributed by atoms with E-state index in [4.69, 9.17) is 0 Å². The van der Waals surface area contributed by atoms with Gasteiger partial charge in [0.2, 0.25) is 0 Å². The predicted molar refractivity (Wildman–Crippen MR) is 44.7 cm³/mol. The summed E-state index contributed by atoms with van der Waals surface area (Å²) in [6, 6.07) is 1.33. The van der Waals surface area contributed by atoms with Gasteiger partial charge in [0.05, 0.1) is 0 Å². The highest BCUT2D eigenvalue weighted by molar-refractivity contribution is 7.15. The number of hydrogen-bond acceptors (Lipinski definition) is 4. The van der Waals surface area contributed by atoms with E-state index in [1.165, 1.54) is 28.0 Å². The van der Waals surface area contributed by atoms with E-state index in [-0.39, 0.29) is 5.56 Å². The highest BCUT2D eigenvalue weighted by Crippen LogP contribution is 2.08. The molecule has 0 aliphatic heterocycles. The van der Waals surface area contributed by atoms with Crippen molar-refractivity contribution in [3.05, 3.63) is 33.7 Å². The van der Waals surface area contributed by atoms with E-state index in [1.807, 2.05) is 0 Å². The summed E-state index contributed by atoms with van der Waals surface area (Å²) in [6.07, 6.45) is 2.08. The van der Waals surface area contributed by atoms with Crippen molar-refractivity contribution in [2.24, 2.45) is 0 Å². The monoisotopic (exact) mass is 180 g/mol. The summed E-state index contributed by atoms with van der Waals surface area (Å²) >= 11 is 1.27. The fourth-order valence-corrected chi connectivity index (χ4v) is 1.77. The van der Waals surface area contributed by atoms with E-state index in [0.717, 1.165) is 0 Å². The molecule has 2 heterocycles. The first-order valence-corrected chi connectivity index (χ1v) is 4.11. The number of fused-ring (bicyclic) bond motifs is 1. The van der Waals surface area contributed by atoms with Gasteiger partial charge in [0.1, 0.15) is 5.69 Å². The normalized spacial score (nSPS) is 10.3. The van der Waals surface area contributed by atoms with Crippen molar-refractivity contribution < 1.29 is 4.79 Å². The molecule has 4 nitrogen and oxygen atoms in total. The lowest BCUT2D eigenvalue weighted by atomic mass is 10.5. The van der Waals surface area contributed by atoms with Crippen LogP contribution in [-0.2, 0) is 0 Å². The lowest BCUT2D eigenvalue weighted by Gasteiger charge is -1.89. The van der Waals surface area contributed by atoms with E-state index in [2.05, 4.69) is 4.98 Å². The molecule has 0 amide bonds. The van der Waals surface area contributed by atoms with Gasteiger partial charge in [-0.25, -0.2) is 9.38 Å². The van der Waals surface area contributed by atoms with Crippen LogP contribution in [0.25, 0.3) is 4.96 Å². The molecule has 2 rings (SSSR count). The zero-order valence-electron chi connectivity index (χ0n) is 5.93. The Kier molecular flexibility index (Phi) is 1.51. The van der Waals surface area contributed by atoms with E-state index < -0.39 is 0 Å². The van der Waals surface area contributed by atoms with Crippen LogP contribution < -0.4 is 5.56 Å². The largest absolute Gasteiger partial charge is 0.296 e. The molecule has 2 aromatic heterocycles. The van der Waals surface area contributed by atoms with Crippen LogP contribution in [0.3, 0.4) is 0 Å². The number of aromatic nitrogens is 2. The zero-order valence-corrected chi connectivity index (χ0v) is 6.75. The summed E-state index contributed by atoms with van der Waals surface area (Å²) in [5.74, 6) is 0. The second-order valence-corrected chi connectivity index (χ2v) is 3.02. The van der Waals surface area contributed by atoms with Gasteiger partial charge in [-0.15, -0.1) is 11.3 Å². The summed E-state index contributed by atoms with van der Waals surface area (Å²) in [5, 5.41) is 1.61. The molecule has 5 heteroatoms. The smallest absolute Gasteiger partial charge is 0.259 e.